The Balaban J connectivity index is 2.21. The Kier molecular flexibility index (Phi) is 5.79. The van der Waals surface area contributed by atoms with Crippen molar-refractivity contribution < 1.29 is 13.2 Å². The molecule has 150 valence electrons. The van der Waals surface area contributed by atoms with Crippen LogP contribution in [0, 0.1) is 11.6 Å². The van der Waals surface area contributed by atoms with E-state index in [2.05, 4.69) is 67.7 Å². The second-order valence-corrected chi connectivity index (χ2v) is 14.3. The van der Waals surface area contributed by atoms with E-state index in [-0.39, 0.29) is 16.4 Å². The number of fused-ring (bicyclic) bond motifs is 1. The van der Waals surface area contributed by atoms with E-state index in [1.54, 1.807) is 6.20 Å². The average molecular weight is 534 g/mol. The van der Waals surface area contributed by atoms with Crippen molar-refractivity contribution in [2.24, 2.45) is 0 Å². The van der Waals surface area contributed by atoms with Gasteiger partial charge < -0.3 is 4.43 Å². The highest BCUT2D eigenvalue weighted by molar-refractivity contribution is 9.11. The third-order valence-corrected chi connectivity index (χ3v) is 10.3. The molecule has 3 aromatic rings. The van der Waals surface area contributed by atoms with Crippen LogP contribution >= 0.6 is 31.9 Å². The summed E-state index contributed by atoms with van der Waals surface area (Å²) >= 11 is 6.64. The molecular formula is C18H20Br2F2N4OSi. The Morgan fingerprint density at radius 3 is 2.29 bits per heavy atom. The highest BCUT2D eigenvalue weighted by atomic mass is 79.9. The fourth-order valence-corrected chi connectivity index (χ4v) is 4.67. The summed E-state index contributed by atoms with van der Waals surface area (Å²) in [6.45, 7) is 10.2. The molecule has 0 spiro atoms. The third kappa shape index (κ3) is 4.05. The molecule has 0 aliphatic rings. The van der Waals surface area contributed by atoms with Crippen LogP contribution in [0.2, 0.25) is 18.1 Å². The number of nitrogens with zero attached hydrogens (tertiary/aromatic N) is 4. The molecule has 0 N–H and O–H groups in total. The molecule has 1 unspecified atom stereocenters. The molecule has 0 fully saturated rings. The summed E-state index contributed by atoms with van der Waals surface area (Å²) in [7, 11) is -2.41. The lowest BCUT2D eigenvalue weighted by Gasteiger charge is -2.38. The molecule has 2 aromatic heterocycles. The van der Waals surface area contributed by atoms with Crippen LogP contribution in [0.4, 0.5) is 8.78 Å². The van der Waals surface area contributed by atoms with Gasteiger partial charge in [0.2, 0.25) is 0 Å². The van der Waals surface area contributed by atoms with Crippen molar-refractivity contribution in [2.45, 2.75) is 45.0 Å². The number of rotatable bonds is 4. The van der Waals surface area contributed by atoms with Gasteiger partial charge in [0.25, 0.3) is 0 Å². The van der Waals surface area contributed by atoms with Crippen LogP contribution in [0.1, 0.15) is 38.3 Å². The number of halogens is 4. The van der Waals surface area contributed by atoms with E-state index in [9.17, 15) is 8.78 Å². The second kappa shape index (κ2) is 7.55. The molecule has 2 heterocycles. The molecule has 0 aliphatic heterocycles. The molecule has 0 amide bonds. The van der Waals surface area contributed by atoms with Crippen LogP contribution in [0.3, 0.4) is 0 Å². The number of hydrogen-bond acceptors (Lipinski definition) is 4. The summed E-state index contributed by atoms with van der Waals surface area (Å²) in [6, 6.07) is 3.75. The van der Waals surface area contributed by atoms with Crippen molar-refractivity contribution in [1.82, 2.24) is 19.6 Å². The van der Waals surface area contributed by atoms with Gasteiger partial charge in [0, 0.05) is 0 Å². The van der Waals surface area contributed by atoms with Crippen molar-refractivity contribution in [3.05, 3.63) is 56.6 Å². The van der Waals surface area contributed by atoms with Gasteiger partial charge in [-0.1, -0.05) is 26.8 Å². The van der Waals surface area contributed by atoms with Gasteiger partial charge in [-0.05, 0) is 62.1 Å². The lowest BCUT2D eigenvalue weighted by molar-refractivity contribution is 0.203. The summed E-state index contributed by atoms with van der Waals surface area (Å²) in [5.41, 5.74) is 0.241. The molecule has 5 nitrogen and oxygen atoms in total. The van der Waals surface area contributed by atoms with Crippen LogP contribution in [0.15, 0.2) is 33.6 Å². The highest BCUT2D eigenvalue weighted by Gasteiger charge is 2.42. The van der Waals surface area contributed by atoms with E-state index in [0.717, 1.165) is 0 Å². The predicted octanol–water partition coefficient (Wildman–Crippen LogP) is 6.04. The molecular weight excluding hydrogens is 514 g/mol. The minimum atomic E-state index is -2.41. The van der Waals surface area contributed by atoms with Crippen LogP contribution in [-0.2, 0) is 4.43 Å². The van der Waals surface area contributed by atoms with Gasteiger partial charge in [0.15, 0.2) is 24.4 Å². The minimum Gasteiger partial charge on any atom is -0.403 e. The molecule has 1 atom stereocenters. The first kappa shape index (κ1) is 21.5. The lowest BCUT2D eigenvalue weighted by atomic mass is 10.1. The Hall–Kier alpha value is -1.23. The first-order valence-corrected chi connectivity index (χ1v) is 13.1. The molecule has 1 aromatic carbocycles. The van der Waals surface area contributed by atoms with Gasteiger partial charge >= 0.3 is 0 Å². The fraction of sp³-hybridized carbons (Fsp3) is 0.389. The molecule has 0 bridgehead atoms. The zero-order valence-corrected chi connectivity index (χ0v) is 20.3. The van der Waals surface area contributed by atoms with Crippen LogP contribution in [0.25, 0.3) is 5.65 Å². The van der Waals surface area contributed by atoms with Gasteiger partial charge in [0.05, 0.1) is 11.8 Å². The Morgan fingerprint density at radius 1 is 1.11 bits per heavy atom. The normalized spacial score (nSPS) is 13.9. The van der Waals surface area contributed by atoms with Crippen molar-refractivity contribution >= 4 is 45.8 Å². The Morgan fingerprint density at radius 2 is 1.71 bits per heavy atom. The van der Waals surface area contributed by atoms with Crippen molar-refractivity contribution in [1.29, 1.82) is 0 Å². The minimum absolute atomic E-state index is 0.169. The molecule has 3 rings (SSSR count). The highest BCUT2D eigenvalue weighted by Crippen LogP contribution is 2.42. The average Bonchev–Trinajstić information content (AvgIpc) is 2.96. The molecule has 0 radical (unpaired) electrons. The number of benzene rings is 1. The SMILES string of the molecule is CC(C)(C)[Si](C)(C)OC(c1nc2c(Br)nc(Br)cn2n1)c1c(F)cccc1F. The van der Waals surface area contributed by atoms with E-state index in [4.69, 9.17) is 4.43 Å². The van der Waals surface area contributed by atoms with Crippen LogP contribution in [0.5, 0.6) is 0 Å². The lowest BCUT2D eigenvalue weighted by Crippen LogP contribution is -2.42. The Bertz CT molecular complexity index is 1020. The van der Waals surface area contributed by atoms with Gasteiger partial charge in [0.1, 0.15) is 22.3 Å². The van der Waals surface area contributed by atoms with E-state index >= 15 is 0 Å². The third-order valence-electron chi connectivity index (χ3n) is 4.98. The summed E-state index contributed by atoms with van der Waals surface area (Å²) in [5, 5.41) is 4.26. The van der Waals surface area contributed by atoms with E-state index in [0.29, 0.717) is 14.9 Å². The van der Waals surface area contributed by atoms with E-state index in [1.165, 1.54) is 22.7 Å². The predicted molar refractivity (Wildman–Crippen MR) is 113 cm³/mol. The maximum absolute atomic E-state index is 14.7. The summed E-state index contributed by atoms with van der Waals surface area (Å²) in [4.78, 5) is 8.69. The largest absolute Gasteiger partial charge is 0.403 e. The summed E-state index contributed by atoms with van der Waals surface area (Å²) in [6.07, 6.45) is 0.546. The second-order valence-electron chi connectivity index (χ2n) is 7.99. The number of aromatic nitrogens is 4. The molecule has 10 heteroatoms. The van der Waals surface area contributed by atoms with Crippen molar-refractivity contribution in [2.75, 3.05) is 0 Å². The maximum atomic E-state index is 14.7. The van der Waals surface area contributed by atoms with Crippen LogP contribution in [-0.4, -0.2) is 27.9 Å². The fourth-order valence-electron chi connectivity index (χ4n) is 2.43. The van der Waals surface area contributed by atoms with Crippen LogP contribution < -0.4 is 0 Å². The first-order chi connectivity index (χ1) is 12.9. The topological polar surface area (TPSA) is 52.3 Å². The van der Waals surface area contributed by atoms with Crippen molar-refractivity contribution in [3.8, 4) is 0 Å². The van der Waals surface area contributed by atoms with E-state index < -0.39 is 26.1 Å². The first-order valence-electron chi connectivity index (χ1n) is 8.61. The molecule has 0 saturated heterocycles. The van der Waals surface area contributed by atoms with Gasteiger partial charge in [-0.25, -0.2) is 23.3 Å². The standard InChI is InChI=1S/C18H20Br2F2N4OSi/c1-18(2,3)28(4,5)27-14(13-10(21)7-6-8-11(13)22)16-24-17-15(20)23-12(19)9-26(17)25-16/h6-9,14H,1-5H3. The molecule has 0 aliphatic carbocycles. The van der Waals surface area contributed by atoms with Crippen molar-refractivity contribution in [3.63, 3.8) is 0 Å². The number of hydrogen-bond donors (Lipinski definition) is 0. The smallest absolute Gasteiger partial charge is 0.193 e. The molecule has 0 saturated carbocycles. The summed E-state index contributed by atoms with van der Waals surface area (Å²) in [5.74, 6) is -1.21. The van der Waals surface area contributed by atoms with Gasteiger partial charge in [-0.15, -0.1) is 5.10 Å². The quantitative estimate of drug-likeness (QED) is 0.384. The zero-order valence-electron chi connectivity index (χ0n) is 16.1. The van der Waals surface area contributed by atoms with E-state index in [1.807, 2.05) is 13.1 Å². The zero-order chi connectivity index (χ0) is 20.9. The molecule has 28 heavy (non-hydrogen) atoms. The summed E-state index contributed by atoms with van der Waals surface area (Å²) < 4.78 is 38.2. The maximum Gasteiger partial charge on any atom is 0.193 e. The monoisotopic (exact) mass is 532 g/mol. The van der Waals surface area contributed by atoms with Gasteiger partial charge in [-0.2, -0.15) is 0 Å². The Labute approximate surface area is 179 Å². The van der Waals surface area contributed by atoms with Gasteiger partial charge in [-0.3, -0.25) is 0 Å².